The van der Waals surface area contributed by atoms with Crippen LogP contribution in [0.5, 0.6) is 0 Å². The van der Waals surface area contributed by atoms with Crippen molar-refractivity contribution in [2.24, 2.45) is 0 Å². The van der Waals surface area contributed by atoms with Crippen molar-refractivity contribution in [2.45, 2.75) is 0 Å². The molecule has 0 heterocycles. The maximum atomic E-state index is 8.24. The van der Waals surface area contributed by atoms with E-state index >= 15 is 0 Å². The molecule has 0 unspecified atom stereocenters. The van der Waals surface area contributed by atoms with Crippen molar-refractivity contribution >= 4 is 0 Å². The van der Waals surface area contributed by atoms with Crippen LogP contribution >= 0.6 is 0 Å². The van der Waals surface area contributed by atoms with E-state index in [1.54, 1.807) is 0 Å². The first-order chi connectivity index (χ1) is 2.83. The summed E-state index contributed by atoms with van der Waals surface area (Å²) in [6.07, 6.45) is 1.00. The molecule has 0 rings (SSSR count). The summed E-state index contributed by atoms with van der Waals surface area (Å²) in [6, 6.07) is 0. The normalized spacial score (nSPS) is 1.75. The van der Waals surface area contributed by atoms with Crippen molar-refractivity contribution < 1.29 is 55.0 Å². The molecule has 0 aromatic carbocycles. The number of hydrogen-bond donors (Lipinski definition) is 0. The fourth-order valence-electron chi connectivity index (χ4n) is 0. The first-order valence-electron chi connectivity index (χ1n) is 0.855. The summed E-state index contributed by atoms with van der Waals surface area (Å²) in [5.41, 5.74) is 0. The Morgan fingerprint density at radius 3 is 0.875 bits per heavy atom. The van der Waals surface area contributed by atoms with Gasteiger partial charge in [-0.15, -0.1) is 0 Å². The third-order valence-electron chi connectivity index (χ3n) is 0. The van der Waals surface area contributed by atoms with Gasteiger partial charge in [0, 0.05) is 12.5 Å². The summed E-state index contributed by atoms with van der Waals surface area (Å²) >= 11 is 0. The van der Waals surface area contributed by atoms with Crippen LogP contribution < -0.4 is 10.2 Å². The number of hydrogen-bond acceptors (Lipinski definition) is 4. The van der Waals surface area contributed by atoms with E-state index in [9.17, 15) is 0 Å². The fraction of sp³-hybridized carbons (Fsp3) is 0. The average molecular weight is 478 g/mol. The molecule has 0 atom stereocenters. The van der Waals surface area contributed by atoms with Crippen molar-refractivity contribution in [1.29, 1.82) is 10.5 Å². The second kappa shape index (κ2) is 61.1. The van der Waals surface area contributed by atoms with Crippen molar-refractivity contribution in [2.75, 3.05) is 0 Å². The van der Waals surface area contributed by atoms with Gasteiger partial charge in [-0.3, -0.25) is 0 Å². The molecule has 0 bridgehead atoms. The fourth-order valence-corrected chi connectivity index (χ4v) is 0. The predicted molar refractivity (Wildman–Crippen MR) is 11.2 cm³/mol. The Kier molecular flexibility index (Phi) is 186. The van der Waals surface area contributed by atoms with E-state index in [0.29, 0.717) is 12.5 Å². The zero-order valence-electron chi connectivity index (χ0n) is 3.31. The van der Waals surface area contributed by atoms with Gasteiger partial charge in [0.25, 0.3) is 0 Å². The van der Waals surface area contributed by atoms with Crippen LogP contribution in [-0.4, -0.2) is 0 Å². The molecule has 8 heavy (non-hydrogen) atoms. The second-order valence-corrected chi connectivity index (χ2v) is 0.183. The molecule has 52 valence electrons. The summed E-state index contributed by atoms with van der Waals surface area (Å²) in [5.74, 6) is 0. The number of nitriles is 2. The van der Waals surface area contributed by atoms with E-state index in [1.807, 2.05) is 0 Å². The number of nitrogens with zero attached hydrogens (tertiary/aromatic N) is 2. The van der Waals surface area contributed by atoms with Gasteiger partial charge in [0.1, 0.15) is 0 Å². The summed E-state index contributed by atoms with van der Waals surface area (Å²) < 4.78 is 0. The Labute approximate surface area is 77.8 Å². The smallest absolute Gasteiger partial charge is 0.812 e. The molecule has 0 amide bonds. The second-order valence-electron chi connectivity index (χ2n) is 0.183. The zero-order chi connectivity index (χ0) is 5.41. The molecule has 0 N–H and O–H groups in total. The van der Waals surface area contributed by atoms with Gasteiger partial charge >= 0.3 is 44.8 Å². The average Bonchev–Trinajstić information content (AvgIpc) is 1.39. The maximum Gasteiger partial charge on any atom is 1.00 e. The van der Waals surface area contributed by atoms with Crippen LogP contribution in [-0.2, 0) is 44.8 Å². The summed E-state index contributed by atoms with van der Waals surface area (Å²) in [7, 11) is 0. The molecular weight excluding hydrogens is 478 g/mol. The molecule has 0 spiro atoms. The van der Waals surface area contributed by atoms with Crippen LogP contribution in [0.3, 0.4) is 0 Å². The van der Waals surface area contributed by atoms with Gasteiger partial charge in [-0.25, -0.2) is 10.5 Å². The third kappa shape index (κ3) is 42400. The summed E-state index contributed by atoms with van der Waals surface area (Å²) in [4.78, 5) is 0. The number of rotatable bonds is 0. The molecule has 4 nitrogen and oxygen atoms in total. The van der Waals surface area contributed by atoms with Gasteiger partial charge < -0.3 is 10.2 Å². The maximum absolute atomic E-state index is 8.24. The van der Waals surface area contributed by atoms with Crippen molar-refractivity contribution in [3.05, 3.63) is 0 Å². The standard InChI is InChI=1S/2CHNO.2Au/c2*2-1-3;;/h2*3H;;/q;;2*+1/p-2. The van der Waals surface area contributed by atoms with Crippen LogP contribution in [0.1, 0.15) is 0 Å². The predicted octanol–water partition coefficient (Wildman–Crippen LogP) is -2.35. The minimum Gasteiger partial charge on any atom is -0.812 e. The molecule has 0 aliphatic rings. The van der Waals surface area contributed by atoms with Gasteiger partial charge in [-0.05, 0) is 0 Å². The molecular formula is C2Au2N2O2. The van der Waals surface area contributed by atoms with Gasteiger partial charge in [0.2, 0.25) is 0 Å². The Morgan fingerprint density at radius 1 is 0.875 bits per heavy atom. The molecule has 0 aliphatic heterocycles. The van der Waals surface area contributed by atoms with E-state index in [-0.39, 0.29) is 44.8 Å². The van der Waals surface area contributed by atoms with Gasteiger partial charge in [0.05, 0.1) is 0 Å². The summed E-state index contributed by atoms with van der Waals surface area (Å²) in [5, 5.41) is 30.0. The van der Waals surface area contributed by atoms with Crippen LogP contribution in [0.15, 0.2) is 0 Å². The quantitative estimate of drug-likeness (QED) is 0.288. The van der Waals surface area contributed by atoms with Gasteiger partial charge in [-0.2, -0.15) is 0 Å². The van der Waals surface area contributed by atoms with E-state index in [1.165, 1.54) is 0 Å². The van der Waals surface area contributed by atoms with Crippen molar-refractivity contribution in [3.63, 3.8) is 0 Å². The Balaban J connectivity index is -0.0000000160. The minimum atomic E-state index is 0. The molecule has 0 aromatic rings. The molecule has 0 aliphatic carbocycles. The molecule has 0 aromatic heterocycles. The van der Waals surface area contributed by atoms with E-state index in [0.717, 1.165) is 0 Å². The molecule has 0 fully saturated rings. The van der Waals surface area contributed by atoms with E-state index < -0.39 is 0 Å². The SMILES string of the molecule is N#C[O-].N#C[O-].[Au+].[Au+]. The topological polar surface area (TPSA) is 93.7 Å². The largest absolute Gasteiger partial charge is 1.00 e. The first kappa shape index (κ1) is 24.4. The zero-order valence-corrected chi connectivity index (χ0v) is 7.65. The molecule has 0 saturated carbocycles. The van der Waals surface area contributed by atoms with E-state index in [4.69, 9.17) is 20.7 Å². The van der Waals surface area contributed by atoms with Crippen molar-refractivity contribution in [1.82, 2.24) is 0 Å². The molecule has 0 radical (unpaired) electrons. The van der Waals surface area contributed by atoms with Crippen LogP contribution in [0.4, 0.5) is 0 Å². The van der Waals surface area contributed by atoms with Crippen molar-refractivity contribution in [3.8, 4) is 12.5 Å². The first-order valence-corrected chi connectivity index (χ1v) is 0.855. The minimum absolute atomic E-state index is 0. The Hall–Kier alpha value is 0.0605. The Bertz CT molecular complexity index is 71.0. The van der Waals surface area contributed by atoms with Gasteiger partial charge in [0.15, 0.2) is 0 Å². The van der Waals surface area contributed by atoms with Gasteiger partial charge in [-0.1, -0.05) is 0 Å². The van der Waals surface area contributed by atoms with Crippen LogP contribution in [0.2, 0.25) is 0 Å². The third-order valence-corrected chi connectivity index (χ3v) is 0. The van der Waals surface area contributed by atoms with E-state index in [2.05, 4.69) is 0 Å². The van der Waals surface area contributed by atoms with Crippen LogP contribution in [0.25, 0.3) is 0 Å². The molecule has 0 saturated heterocycles. The monoisotopic (exact) mass is 478 g/mol. The Morgan fingerprint density at radius 2 is 0.875 bits per heavy atom. The van der Waals surface area contributed by atoms with Crippen LogP contribution in [0, 0.1) is 23.0 Å². The molecule has 6 heteroatoms. The summed E-state index contributed by atoms with van der Waals surface area (Å²) in [6.45, 7) is 0.